The second-order valence-corrected chi connectivity index (χ2v) is 2.93. The molecule has 0 aliphatic rings. The summed E-state index contributed by atoms with van der Waals surface area (Å²) in [5.41, 5.74) is 5.75. The van der Waals surface area contributed by atoms with Gasteiger partial charge < -0.3 is 5.73 Å². The lowest BCUT2D eigenvalue weighted by molar-refractivity contribution is -0.113. The van der Waals surface area contributed by atoms with E-state index in [0.717, 1.165) is 6.08 Å². The molecule has 15 heavy (non-hydrogen) atoms. The second kappa shape index (κ2) is 4.91. The van der Waals surface area contributed by atoms with Gasteiger partial charge in [-0.1, -0.05) is 12.1 Å². The minimum Gasteiger partial charge on any atom is -0.366 e. The van der Waals surface area contributed by atoms with Gasteiger partial charge in [0.15, 0.2) is 0 Å². The topological polar surface area (TPSA) is 66.9 Å². The molecule has 76 valence electrons. The lowest BCUT2D eigenvalue weighted by atomic mass is 10.1. The van der Waals surface area contributed by atoms with Crippen LogP contribution >= 0.6 is 0 Å². The number of hydrogen-bond acceptors (Lipinski definition) is 2. The van der Waals surface area contributed by atoms with E-state index in [4.69, 9.17) is 11.0 Å². The number of benzene rings is 1. The first-order valence-electron chi connectivity index (χ1n) is 4.26. The monoisotopic (exact) mass is 204 g/mol. The summed E-state index contributed by atoms with van der Waals surface area (Å²) in [6.45, 7) is 0. The maximum atomic E-state index is 13.3. The van der Waals surface area contributed by atoms with E-state index in [1.54, 1.807) is 6.07 Å². The lowest BCUT2D eigenvalue weighted by Gasteiger charge is -1.98. The maximum Gasteiger partial charge on any atom is 0.241 e. The van der Waals surface area contributed by atoms with E-state index in [-0.39, 0.29) is 12.0 Å². The molecule has 2 N–H and O–H groups in total. The van der Waals surface area contributed by atoms with Crippen molar-refractivity contribution in [1.29, 1.82) is 5.26 Å². The quantitative estimate of drug-likeness (QED) is 0.756. The number of rotatable bonds is 3. The number of carbonyl (C=O) groups is 1. The third kappa shape index (κ3) is 3.24. The van der Waals surface area contributed by atoms with E-state index in [2.05, 4.69) is 0 Å². The van der Waals surface area contributed by atoms with Crippen LogP contribution in [0.5, 0.6) is 0 Å². The zero-order valence-electron chi connectivity index (χ0n) is 7.90. The molecule has 0 aliphatic heterocycles. The molecule has 0 radical (unpaired) electrons. The Morgan fingerprint density at radius 1 is 1.60 bits per heavy atom. The second-order valence-electron chi connectivity index (χ2n) is 2.93. The summed E-state index contributed by atoms with van der Waals surface area (Å²) in [7, 11) is 0. The van der Waals surface area contributed by atoms with Crippen LogP contribution in [0.1, 0.15) is 11.1 Å². The van der Waals surface area contributed by atoms with Gasteiger partial charge in [0.25, 0.3) is 0 Å². The Kier molecular flexibility index (Phi) is 3.58. The number of nitrogens with two attached hydrogens (primary N) is 1. The molecule has 1 amide bonds. The molecule has 4 heteroatoms. The van der Waals surface area contributed by atoms with Crippen molar-refractivity contribution >= 4 is 12.0 Å². The summed E-state index contributed by atoms with van der Waals surface area (Å²) in [4.78, 5) is 10.4. The van der Waals surface area contributed by atoms with E-state index in [9.17, 15) is 9.18 Å². The molecule has 1 aromatic rings. The highest BCUT2D eigenvalue weighted by Crippen LogP contribution is 2.12. The Balaban J connectivity index is 2.94. The molecule has 0 saturated carbocycles. The predicted molar refractivity (Wildman–Crippen MR) is 53.9 cm³/mol. The van der Waals surface area contributed by atoms with Gasteiger partial charge in [-0.25, -0.2) is 4.39 Å². The molecular formula is C11H9FN2O. The average Bonchev–Trinajstić information content (AvgIpc) is 2.17. The molecule has 0 aromatic heterocycles. The predicted octanol–water partition coefficient (Wildman–Crippen LogP) is 1.39. The maximum absolute atomic E-state index is 13.3. The van der Waals surface area contributed by atoms with Crippen LogP contribution in [0.3, 0.4) is 0 Å². The van der Waals surface area contributed by atoms with Gasteiger partial charge >= 0.3 is 0 Å². The number of hydrogen-bond donors (Lipinski definition) is 1. The van der Waals surface area contributed by atoms with Crippen molar-refractivity contribution in [2.24, 2.45) is 5.73 Å². The highest BCUT2D eigenvalue weighted by molar-refractivity contribution is 5.90. The zero-order valence-corrected chi connectivity index (χ0v) is 7.90. The van der Waals surface area contributed by atoms with Crippen LogP contribution in [-0.4, -0.2) is 5.91 Å². The van der Waals surface area contributed by atoms with Crippen molar-refractivity contribution in [2.75, 3.05) is 0 Å². The fourth-order valence-electron chi connectivity index (χ4n) is 1.08. The third-order valence-electron chi connectivity index (χ3n) is 1.78. The Morgan fingerprint density at radius 3 is 2.87 bits per heavy atom. The molecule has 0 bridgehead atoms. The lowest BCUT2D eigenvalue weighted by Crippen LogP contribution is -2.05. The van der Waals surface area contributed by atoms with Gasteiger partial charge in [-0.05, 0) is 17.7 Å². The molecule has 1 rings (SSSR count). The summed E-state index contributed by atoms with van der Waals surface area (Å²) in [6.07, 6.45) is 2.55. The first-order valence-corrected chi connectivity index (χ1v) is 4.26. The number of amides is 1. The molecule has 0 aliphatic carbocycles. The summed E-state index contributed by atoms with van der Waals surface area (Å²) in [6, 6.07) is 6.32. The van der Waals surface area contributed by atoms with E-state index in [0.29, 0.717) is 5.56 Å². The van der Waals surface area contributed by atoms with Crippen molar-refractivity contribution in [2.45, 2.75) is 6.42 Å². The number of halogens is 1. The fraction of sp³-hybridized carbons (Fsp3) is 0.0909. The summed E-state index contributed by atoms with van der Waals surface area (Å²) in [5.74, 6) is -1.10. The number of nitriles is 1. The molecule has 0 spiro atoms. The molecule has 0 heterocycles. The first-order chi connectivity index (χ1) is 7.13. The van der Waals surface area contributed by atoms with E-state index in [1.165, 1.54) is 18.2 Å². The number of primary amides is 1. The smallest absolute Gasteiger partial charge is 0.241 e. The van der Waals surface area contributed by atoms with Crippen LogP contribution in [0.4, 0.5) is 4.39 Å². The minimum absolute atomic E-state index is 0.163. The van der Waals surface area contributed by atoms with Crippen molar-refractivity contribution in [1.82, 2.24) is 0 Å². The standard InChI is InChI=1S/C11H9FN2O/c12-10-7-8(5-6-13)1-2-9(10)3-4-11(14)15/h1-4,7H,5H2,(H2,14,15). The average molecular weight is 204 g/mol. The largest absolute Gasteiger partial charge is 0.366 e. The third-order valence-corrected chi connectivity index (χ3v) is 1.78. The Bertz CT molecular complexity index is 446. The molecular weight excluding hydrogens is 195 g/mol. The molecule has 0 atom stereocenters. The van der Waals surface area contributed by atoms with Gasteiger partial charge in [-0.3, -0.25) is 4.79 Å². The Morgan fingerprint density at radius 2 is 2.33 bits per heavy atom. The van der Waals surface area contributed by atoms with Crippen molar-refractivity contribution < 1.29 is 9.18 Å². The Labute approximate surface area is 86.6 Å². The SMILES string of the molecule is N#CCc1ccc(C=CC(N)=O)c(F)c1. The van der Waals surface area contributed by atoms with Crippen LogP contribution in [0.25, 0.3) is 6.08 Å². The van der Waals surface area contributed by atoms with Crippen molar-refractivity contribution in [3.8, 4) is 6.07 Å². The van der Waals surface area contributed by atoms with Gasteiger partial charge in [-0.15, -0.1) is 0 Å². The minimum atomic E-state index is -0.629. The molecule has 0 fully saturated rings. The van der Waals surface area contributed by atoms with E-state index < -0.39 is 11.7 Å². The van der Waals surface area contributed by atoms with Crippen molar-refractivity contribution in [3.05, 3.63) is 41.2 Å². The van der Waals surface area contributed by atoms with E-state index in [1.807, 2.05) is 6.07 Å². The molecule has 3 nitrogen and oxygen atoms in total. The highest BCUT2D eigenvalue weighted by Gasteiger charge is 2.00. The number of nitrogens with zero attached hydrogens (tertiary/aromatic N) is 1. The summed E-state index contributed by atoms with van der Waals surface area (Å²) >= 11 is 0. The highest BCUT2D eigenvalue weighted by atomic mass is 19.1. The number of carbonyl (C=O) groups excluding carboxylic acids is 1. The summed E-state index contributed by atoms with van der Waals surface area (Å²) < 4.78 is 13.3. The van der Waals surface area contributed by atoms with Crippen LogP contribution < -0.4 is 5.73 Å². The molecule has 0 saturated heterocycles. The van der Waals surface area contributed by atoms with Crippen LogP contribution in [0.15, 0.2) is 24.3 Å². The molecule has 1 aromatic carbocycles. The van der Waals surface area contributed by atoms with Crippen LogP contribution in [-0.2, 0) is 11.2 Å². The van der Waals surface area contributed by atoms with Gasteiger partial charge in [0.05, 0.1) is 12.5 Å². The fourth-order valence-corrected chi connectivity index (χ4v) is 1.08. The Hall–Kier alpha value is -2.15. The van der Waals surface area contributed by atoms with Gasteiger partial charge in [0.2, 0.25) is 5.91 Å². The summed E-state index contributed by atoms with van der Waals surface area (Å²) in [5, 5.41) is 8.41. The van der Waals surface area contributed by atoms with Crippen LogP contribution in [0, 0.1) is 17.1 Å². The molecule has 0 unspecified atom stereocenters. The first kappa shape index (κ1) is 10.9. The van der Waals surface area contributed by atoms with Gasteiger partial charge in [0, 0.05) is 11.6 Å². The normalized spacial score (nSPS) is 10.1. The van der Waals surface area contributed by atoms with Crippen LogP contribution in [0.2, 0.25) is 0 Å². The van der Waals surface area contributed by atoms with Crippen molar-refractivity contribution in [3.63, 3.8) is 0 Å². The zero-order chi connectivity index (χ0) is 11.3. The van der Waals surface area contributed by atoms with E-state index >= 15 is 0 Å². The van der Waals surface area contributed by atoms with Gasteiger partial charge in [-0.2, -0.15) is 5.26 Å². The van der Waals surface area contributed by atoms with Gasteiger partial charge in [0.1, 0.15) is 5.82 Å².